The maximum Gasteiger partial charge on any atom is 0.182 e. The molecule has 0 unspecified atom stereocenters. The summed E-state index contributed by atoms with van der Waals surface area (Å²) in [7, 11) is 0. The third kappa shape index (κ3) is 2.71. The van der Waals surface area contributed by atoms with Gasteiger partial charge in [-0.05, 0) is 37.5 Å². The third-order valence-electron chi connectivity index (χ3n) is 3.27. The van der Waals surface area contributed by atoms with Gasteiger partial charge in [0, 0.05) is 12.4 Å². The number of aryl methyl sites for hydroxylation is 1. The Bertz CT molecular complexity index is 628. The van der Waals surface area contributed by atoms with E-state index in [9.17, 15) is 0 Å². The number of rotatable bonds is 3. The lowest BCUT2D eigenvalue weighted by molar-refractivity contribution is 0.857. The molecule has 19 heavy (non-hydrogen) atoms. The smallest absolute Gasteiger partial charge is 0.182 e. The Hall–Kier alpha value is -2.41. The fourth-order valence-corrected chi connectivity index (χ4v) is 2.05. The summed E-state index contributed by atoms with van der Waals surface area (Å²) >= 11 is 0. The minimum absolute atomic E-state index is 0.0729. The average Bonchev–Trinajstić information content (AvgIpc) is 2.42. The maximum atomic E-state index is 9.01. The van der Waals surface area contributed by atoms with Crippen LogP contribution in [0.3, 0.4) is 0 Å². The Kier molecular flexibility index (Phi) is 3.76. The molecular weight excluding hydrogens is 236 g/mol. The van der Waals surface area contributed by atoms with E-state index in [1.54, 1.807) is 6.20 Å². The fraction of sp³-hybridized carbons (Fsp3) is 0.267. The number of nitriles is 1. The number of nitrogens with one attached hydrogen (secondary N) is 1. The fourth-order valence-electron chi connectivity index (χ4n) is 2.05. The van der Waals surface area contributed by atoms with Gasteiger partial charge in [0.1, 0.15) is 6.07 Å². The molecule has 2 rings (SSSR count). The first-order valence-corrected chi connectivity index (χ1v) is 6.17. The van der Waals surface area contributed by atoms with Crippen LogP contribution in [0.5, 0.6) is 0 Å². The second kappa shape index (κ2) is 5.49. The van der Waals surface area contributed by atoms with Crippen LogP contribution in [0.25, 0.3) is 0 Å². The second-order valence-corrected chi connectivity index (χ2v) is 4.52. The van der Waals surface area contributed by atoms with E-state index < -0.39 is 0 Å². The number of aromatic nitrogens is 2. The summed E-state index contributed by atoms with van der Waals surface area (Å²) < 4.78 is 0. The lowest BCUT2D eigenvalue weighted by Crippen LogP contribution is -2.11. The number of anilines is 1. The highest BCUT2D eigenvalue weighted by Gasteiger charge is 2.12. The van der Waals surface area contributed by atoms with Gasteiger partial charge in [-0.3, -0.25) is 0 Å². The predicted molar refractivity (Wildman–Crippen MR) is 74.7 cm³/mol. The summed E-state index contributed by atoms with van der Waals surface area (Å²) in [6.45, 7) is 6.25. The molecule has 0 aliphatic carbocycles. The lowest BCUT2D eigenvalue weighted by Gasteiger charge is -2.18. The maximum absolute atomic E-state index is 9.01. The summed E-state index contributed by atoms with van der Waals surface area (Å²) in [5.74, 6) is 0.526. The van der Waals surface area contributed by atoms with E-state index in [1.165, 1.54) is 22.9 Å². The molecule has 0 fully saturated rings. The zero-order chi connectivity index (χ0) is 13.8. The molecule has 0 saturated carbocycles. The van der Waals surface area contributed by atoms with Gasteiger partial charge in [0.05, 0.1) is 6.04 Å². The lowest BCUT2D eigenvalue weighted by atomic mass is 9.98. The summed E-state index contributed by atoms with van der Waals surface area (Å²) in [6.07, 6.45) is 3.10. The largest absolute Gasteiger partial charge is 0.361 e. The third-order valence-corrected chi connectivity index (χ3v) is 3.27. The number of hydrogen-bond acceptors (Lipinski definition) is 4. The molecule has 96 valence electrons. The summed E-state index contributed by atoms with van der Waals surface area (Å²) in [5.41, 5.74) is 4.03. The van der Waals surface area contributed by atoms with Crippen molar-refractivity contribution in [3.63, 3.8) is 0 Å². The Morgan fingerprint density at radius 3 is 2.68 bits per heavy atom. The van der Waals surface area contributed by atoms with Crippen LogP contribution in [0.1, 0.15) is 35.3 Å². The summed E-state index contributed by atoms with van der Waals surface area (Å²) in [4.78, 5) is 8.17. The van der Waals surface area contributed by atoms with Gasteiger partial charge in [0.25, 0.3) is 0 Å². The van der Waals surface area contributed by atoms with Crippen LogP contribution in [-0.2, 0) is 0 Å². The average molecular weight is 252 g/mol. The van der Waals surface area contributed by atoms with Crippen molar-refractivity contribution >= 4 is 5.82 Å². The first kappa shape index (κ1) is 13.0. The molecule has 0 saturated heterocycles. The van der Waals surface area contributed by atoms with Gasteiger partial charge in [-0.1, -0.05) is 18.2 Å². The van der Waals surface area contributed by atoms with E-state index in [-0.39, 0.29) is 6.04 Å². The molecule has 4 heteroatoms. The Labute approximate surface area is 113 Å². The highest BCUT2D eigenvalue weighted by molar-refractivity contribution is 5.49. The number of benzene rings is 1. The minimum Gasteiger partial charge on any atom is -0.361 e. The normalized spacial score (nSPS) is 11.7. The molecule has 0 spiro atoms. The van der Waals surface area contributed by atoms with E-state index in [0.29, 0.717) is 11.5 Å². The highest BCUT2D eigenvalue weighted by Crippen LogP contribution is 2.23. The van der Waals surface area contributed by atoms with E-state index in [1.807, 2.05) is 12.1 Å². The van der Waals surface area contributed by atoms with E-state index in [0.717, 1.165) is 0 Å². The Morgan fingerprint density at radius 2 is 1.95 bits per heavy atom. The van der Waals surface area contributed by atoms with Crippen molar-refractivity contribution in [3.05, 3.63) is 53.0 Å². The molecule has 1 aromatic carbocycles. The van der Waals surface area contributed by atoms with Gasteiger partial charge in [-0.15, -0.1) is 0 Å². The quantitative estimate of drug-likeness (QED) is 0.911. The monoisotopic (exact) mass is 252 g/mol. The molecule has 1 atom stereocenters. The second-order valence-electron chi connectivity index (χ2n) is 4.52. The van der Waals surface area contributed by atoms with Crippen LogP contribution in [0.15, 0.2) is 30.6 Å². The van der Waals surface area contributed by atoms with Crippen LogP contribution >= 0.6 is 0 Å². The Morgan fingerprint density at radius 1 is 1.21 bits per heavy atom. The molecular formula is C15H16N4. The molecule has 0 bridgehead atoms. The van der Waals surface area contributed by atoms with Crippen molar-refractivity contribution < 1.29 is 0 Å². The van der Waals surface area contributed by atoms with Crippen molar-refractivity contribution in [1.82, 2.24) is 9.97 Å². The minimum atomic E-state index is 0.0729. The molecule has 1 heterocycles. The van der Waals surface area contributed by atoms with Gasteiger partial charge >= 0.3 is 0 Å². The van der Waals surface area contributed by atoms with Crippen molar-refractivity contribution in [3.8, 4) is 6.07 Å². The topological polar surface area (TPSA) is 61.6 Å². The van der Waals surface area contributed by atoms with Crippen LogP contribution in [0.2, 0.25) is 0 Å². The molecule has 0 aliphatic rings. The van der Waals surface area contributed by atoms with E-state index in [2.05, 4.69) is 48.2 Å². The standard InChI is InChI=1S/C15H16N4/c1-10-5-4-6-13(11(10)2)12(3)19-15-14(9-16)17-7-8-18-15/h4-8,12H,1-3H3,(H,18,19)/t12-/m0/s1. The molecule has 1 aromatic heterocycles. The van der Waals surface area contributed by atoms with Crippen LogP contribution in [0.4, 0.5) is 5.82 Å². The Balaban J connectivity index is 2.29. The van der Waals surface area contributed by atoms with Crippen LogP contribution < -0.4 is 5.32 Å². The number of hydrogen-bond donors (Lipinski definition) is 1. The first-order chi connectivity index (χ1) is 9.13. The van der Waals surface area contributed by atoms with Gasteiger partial charge in [0.2, 0.25) is 0 Å². The summed E-state index contributed by atoms with van der Waals surface area (Å²) in [5, 5.41) is 12.3. The highest BCUT2D eigenvalue weighted by atomic mass is 15.0. The molecule has 1 N–H and O–H groups in total. The van der Waals surface area contributed by atoms with Crippen LogP contribution in [-0.4, -0.2) is 9.97 Å². The van der Waals surface area contributed by atoms with Crippen molar-refractivity contribution in [2.24, 2.45) is 0 Å². The zero-order valence-electron chi connectivity index (χ0n) is 11.3. The van der Waals surface area contributed by atoms with Crippen LogP contribution in [0, 0.1) is 25.2 Å². The molecule has 2 aromatic rings. The van der Waals surface area contributed by atoms with Crippen molar-refractivity contribution in [2.75, 3.05) is 5.32 Å². The van der Waals surface area contributed by atoms with Gasteiger partial charge in [-0.25, -0.2) is 9.97 Å². The molecule has 4 nitrogen and oxygen atoms in total. The first-order valence-electron chi connectivity index (χ1n) is 6.17. The van der Waals surface area contributed by atoms with Gasteiger partial charge < -0.3 is 5.32 Å². The number of nitrogens with zero attached hydrogens (tertiary/aromatic N) is 3. The van der Waals surface area contributed by atoms with E-state index >= 15 is 0 Å². The van der Waals surface area contributed by atoms with E-state index in [4.69, 9.17) is 5.26 Å². The predicted octanol–water partition coefficient (Wildman–Crippen LogP) is 3.14. The molecule has 0 amide bonds. The SMILES string of the molecule is Cc1cccc([C@H](C)Nc2nccnc2C#N)c1C. The van der Waals surface area contributed by atoms with Gasteiger partial charge in [-0.2, -0.15) is 5.26 Å². The zero-order valence-corrected chi connectivity index (χ0v) is 11.3. The molecule has 0 radical (unpaired) electrons. The summed E-state index contributed by atoms with van der Waals surface area (Å²) in [6, 6.07) is 8.33. The van der Waals surface area contributed by atoms with Crippen molar-refractivity contribution in [2.45, 2.75) is 26.8 Å². The van der Waals surface area contributed by atoms with Gasteiger partial charge in [0.15, 0.2) is 11.5 Å². The molecule has 0 aliphatic heterocycles. The van der Waals surface area contributed by atoms with Crippen molar-refractivity contribution in [1.29, 1.82) is 5.26 Å².